The lowest BCUT2D eigenvalue weighted by atomic mass is 9.91. The first-order valence-corrected chi connectivity index (χ1v) is 13.1. The lowest BCUT2D eigenvalue weighted by Gasteiger charge is -2.45. The highest BCUT2D eigenvalue weighted by Crippen LogP contribution is 2.41. The molecule has 3 heterocycles. The number of halogens is 4. The molecule has 2 unspecified atom stereocenters. The molecule has 2 saturated heterocycles. The number of anilines is 2. The second-order valence-electron chi connectivity index (χ2n) is 9.00. The molecule has 1 amide bonds. The van der Waals surface area contributed by atoms with Crippen LogP contribution in [0.15, 0.2) is 53.3 Å². The molecule has 0 radical (unpaired) electrons. The maximum absolute atomic E-state index is 15.4. The lowest BCUT2D eigenvalue weighted by molar-refractivity contribution is -0.137. The minimum atomic E-state index is -4.62. The Hall–Kier alpha value is -3.85. The summed E-state index contributed by atoms with van der Waals surface area (Å²) in [7, 11) is -2.70. The Labute approximate surface area is 220 Å². The van der Waals surface area contributed by atoms with Crippen LogP contribution in [0.2, 0.25) is 0 Å². The molecule has 2 aliphatic rings. The molecule has 208 valence electrons. The Morgan fingerprint density at radius 3 is 2.67 bits per heavy atom. The van der Waals surface area contributed by atoms with Crippen LogP contribution in [0.25, 0.3) is 11.1 Å². The average molecular weight is 571 g/mol. The van der Waals surface area contributed by atoms with Gasteiger partial charge in [0.2, 0.25) is 0 Å². The first-order valence-electron chi connectivity index (χ1n) is 11.7. The van der Waals surface area contributed by atoms with Crippen molar-refractivity contribution in [1.82, 2.24) is 9.46 Å². The zero-order valence-electron chi connectivity index (χ0n) is 20.3. The highest BCUT2D eigenvalue weighted by Gasteiger charge is 2.45. The molecule has 2 aromatic carbocycles. The van der Waals surface area contributed by atoms with E-state index < -0.39 is 45.8 Å². The number of cyclic esters (lactones) is 1. The zero-order chi connectivity index (χ0) is 27.9. The number of hydrogen-bond acceptors (Lipinski definition) is 7. The van der Waals surface area contributed by atoms with E-state index in [-0.39, 0.29) is 54.5 Å². The van der Waals surface area contributed by atoms with E-state index in [1.807, 2.05) is 0 Å². The van der Waals surface area contributed by atoms with Crippen molar-refractivity contribution in [2.24, 2.45) is 5.92 Å². The quantitative estimate of drug-likeness (QED) is 0.434. The molecule has 0 aliphatic carbocycles. The van der Waals surface area contributed by atoms with Gasteiger partial charge in [-0.1, -0.05) is 17.3 Å². The molecule has 2 fully saturated rings. The van der Waals surface area contributed by atoms with Gasteiger partial charge in [-0.05, 0) is 30.2 Å². The van der Waals surface area contributed by atoms with Crippen molar-refractivity contribution in [2.45, 2.75) is 18.6 Å². The molecule has 0 spiro atoms. The van der Waals surface area contributed by atoms with Crippen LogP contribution in [0.3, 0.4) is 0 Å². The van der Waals surface area contributed by atoms with Gasteiger partial charge in [0.05, 0.1) is 25.0 Å². The number of alkyl halides is 3. The summed E-state index contributed by atoms with van der Waals surface area (Å²) in [6.45, 7) is -0.0386. The standard InChI is InChI=1S/C24H22F4N4O6S/c1-36-21-10-17(14-3-2-4-16(9-14)24(26,27)28)18(25)11-20(21)32-19-5-7-31(12-15(19)13-37-23(32)33)39(34,35)30-22-6-8-38-29-22/h2-4,6,8-11,15,19H,5,7,12-13H2,1H3,(H,29,30). The summed E-state index contributed by atoms with van der Waals surface area (Å²) in [5.74, 6) is -1.31. The Bertz CT molecular complexity index is 1480. The van der Waals surface area contributed by atoms with Crippen LogP contribution in [-0.4, -0.2) is 56.8 Å². The average Bonchev–Trinajstić information content (AvgIpc) is 3.40. The number of piperidine rings is 1. The summed E-state index contributed by atoms with van der Waals surface area (Å²) in [6, 6.07) is 7.23. The minimum Gasteiger partial charge on any atom is -0.495 e. The molecule has 15 heteroatoms. The summed E-state index contributed by atoms with van der Waals surface area (Å²) >= 11 is 0. The van der Waals surface area contributed by atoms with Gasteiger partial charge in [0.15, 0.2) is 5.82 Å². The second-order valence-corrected chi connectivity index (χ2v) is 10.7. The van der Waals surface area contributed by atoms with Gasteiger partial charge in [-0.2, -0.15) is 25.9 Å². The van der Waals surface area contributed by atoms with E-state index in [1.165, 1.54) is 46.8 Å². The number of carbonyl (C=O) groups is 1. The normalized spacial score (nSPS) is 20.3. The van der Waals surface area contributed by atoms with Crippen LogP contribution in [0, 0.1) is 11.7 Å². The van der Waals surface area contributed by atoms with Crippen molar-refractivity contribution in [1.29, 1.82) is 0 Å². The van der Waals surface area contributed by atoms with Gasteiger partial charge in [-0.3, -0.25) is 9.62 Å². The third-order valence-electron chi connectivity index (χ3n) is 6.65. The van der Waals surface area contributed by atoms with Crippen molar-refractivity contribution in [2.75, 3.05) is 36.4 Å². The molecule has 0 bridgehead atoms. The molecule has 10 nitrogen and oxygen atoms in total. The van der Waals surface area contributed by atoms with Crippen molar-refractivity contribution >= 4 is 27.8 Å². The van der Waals surface area contributed by atoms with E-state index >= 15 is 4.39 Å². The zero-order valence-corrected chi connectivity index (χ0v) is 21.1. The molecule has 39 heavy (non-hydrogen) atoms. The summed E-state index contributed by atoms with van der Waals surface area (Å²) in [5.41, 5.74) is -1.10. The minimum absolute atomic E-state index is 0.00521. The Morgan fingerprint density at radius 2 is 1.97 bits per heavy atom. The molecule has 2 atom stereocenters. The fourth-order valence-electron chi connectivity index (χ4n) is 4.81. The molecular weight excluding hydrogens is 548 g/mol. The van der Waals surface area contributed by atoms with Crippen molar-refractivity contribution < 1.29 is 44.8 Å². The van der Waals surface area contributed by atoms with Gasteiger partial charge < -0.3 is 14.0 Å². The fraction of sp³-hybridized carbons (Fsp3) is 0.333. The smallest absolute Gasteiger partial charge is 0.416 e. The van der Waals surface area contributed by atoms with E-state index in [1.54, 1.807) is 0 Å². The van der Waals surface area contributed by atoms with E-state index in [4.69, 9.17) is 9.47 Å². The summed E-state index contributed by atoms with van der Waals surface area (Å²) in [4.78, 5) is 14.1. The van der Waals surface area contributed by atoms with Crippen molar-refractivity contribution in [3.05, 3.63) is 60.1 Å². The predicted octanol–water partition coefficient (Wildman–Crippen LogP) is 4.51. The SMILES string of the molecule is COc1cc(-c2cccc(C(F)(F)F)c2)c(F)cc1N1C(=O)OCC2CN(S(=O)(=O)Nc3ccon3)CCC21. The van der Waals surface area contributed by atoms with Crippen molar-refractivity contribution in [3.63, 3.8) is 0 Å². The number of hydrogen-bond donors (Lipinski definition) is 1. The fourth-order valence-corrected chi connectivity index (χ4v) is 6.04. The van der Waals surface area contributed by atoms with Crippen LogP contribution >= 0.6 is 0 Å². The van der Waals surface area contributed by atoms with E-state index in [9.17, 15) is 26.4 Å². The van der Waals surface area contributed by atoms with E-state index in [2.05, 4.69) is 14.4 Å². The number of aromatic nitrogens is 1. The Kier molecular flexibility index (Phi) is 6.88. The number of nitrogens with zero attached hydrogens (tertiary/aromatic N) is 3. The number of benzene rings is 2. The monoisotopic (exact) mass is 570 g/mol. The summed E-state index contributed by atoms with van der Waals surface area (Å²) in [5, 5.41) is 3.54. The molecule has 5 rings (SSSR count). The third kappa shape index (κ3) is 5.23. The number of nitrogens with one attached hydrogen (secondary N) is 1. The number of carbonyl (C=O) groups excluding carboxylic acids is 1. The maximum atomic E-state index is 15.4. The molecule has 3 aromatic rings. The molecule has 0 saturated carbocycles. The highest BCUT2D eigenvalue weighted by molar-refractivity contribution is 7.90. The van der Waals surface area contributed by atoms with Crippen LogP contribution in [0.1, 0.15) is 12.0 Å². The second kappa shape index (κ2) is 10.0. The Balaban J connectivity index is 1.44. The Morgan fingerprint density at radius 1 is 1.18 bits per heavy atom. The van der Waals surface area contributed by atoms with Crippen molar-refractivity contribution in [3.8, 4) is 16.9 Å². The summed E-state index contributed by atoms with van der Waals surface area (Å²) < 4.78 is 99.5. The third-order valence-corrected chi connectivity index (χ3v) is 8.12. The van der Waals surface area contributed by atoms with E-state index in [0.29, 0.717) is 0 Å². The van der Waals surface area contributed by atoms with E-state index in [0.717, 1.165) is 18.2 Å². The largest absolute Gasteiger partial charge is 0.495 e. The topological polar surface area (TPSA) is 114 Å². The first kappa shape index (κ1) is 26.7. The van der Waals surface area contributed by atoms with Gasteiger partial charge in [-0.15, -0.1) is 0 Å². The molecular formula is C24H22F4N4O6S. The van der Waals surface area contributed by atoms with Gasteiger partial charge in [0.1, 0.15) is 17.8 Å². The van der Waals surface area contributed by atoms with Crippen LogP contribution in [0.4, 0.5) is 33.9 Å². The van der Waals surface area contributed by atoms with Gasteiger partial charge in [0.25, 0.3) is 0 Å². The lowest BCUT2D eigenvalue weighted by Crippen LogP contribution is -2.59. The molecule has 1 N–H and O–H groups in total. The van der Waals surface area contributed by atoms with Gasteiger partial charge >= 0.3 is 22.5 Å². The maximum Gasteiger partial charge on any atom is 0.416 e. The predicted molar refractivity (Wildman–Crippen MR) is 130 cm³/mol. The van der Waals surface area contributed by atoms with Gasteiger partial charge in [0, 0.05) is 42.7 Å². The molecule has 1 aromatic heterocycles. The molecule has 2 aliphatic heterocycles. The van der Waals surface area contributed by atoms with Crippen LogP contribution < -0.4 is 14.4 Å². The number of fused-ring (bicyclic) bond motifs is 1. The number of methoxy groups -OCH3 is 1. The van der Waals surface area contributed by atoms with Crippen LogP contribution in [0.5, 0.6) is 5.75 Å². The number of amides is 1. The summed E-state index contributed by atoms with van der Waals surface area (Å²) in [6.07, 6.45) is -3.99. The first-order chi connectivity index (χ1) is 18.5. The number of rotatable bonds is 6. The van der Waals surface area contributed by atoms with Gasteiger partial charge in [-0.25, -0.2) is 9.18 Å². The highest BCUT2D eigenvalue weighted by atomic mass is 32.2. The van der Waals surface area contributed by atoms with Crippen LogP contribution in [-0.2, 0) is 21.1 Å². The number of ether oxygens (including phenoxy) is 2.